The van der Waals surface area contributed by atoms with Gasteiger partial charge in [-0.1, -0.05) is 136 Å². The maximum Gasteiger partial charge on any atom is 0.494 e. The first kappa shape index (κ1) is 61.3. The van der Waals surface area contributed by atoms with Gasteiger partial charge in [0.25, 0.3) is 0 Å². The van der Waals surface area contributed by atoms with Gasteiger partial charge in [0.15, 0.2) is 0 Å². The van der Waals surface area contributed by atoms with Gasteiger partial charge in [0.1, 0.15) is 0 Å². The molecule has 3 aromatic heterocycles. The van der Waals surface area contributed by atoms with Crippen LogP contribution in [0.15, 0.2) is 205 Å². The smallest absolute Gasteiger partial charge is 0.423 e. The minimum absolute atomic E-state index is 0. The lowest BCUT2D eigenvalue weighted by Crippen LogP contribution is -2.41. The van der Waals surface area contributed by atoms with E-state index in [4.69, 9.17) is 53.1 Å². The van der Waals surface area contributed by atoms with Crippen LogP contribution in [0.25, 0.3) is 56.0 Å². The first-order chi connectivity index (χ1) is 37.0. The van der Waals surface area contributed by atoms with Crippen molar-refractivity contribution in [3.8, 4) is 74.2 Å². The van der Waals surface area contributed by atoms with Crippen LogP contribution in [0, 0.1) is 34.0 Å². The molecule has 0 spiro atoms. The highest BCUT2D eigenvalue weighted by Gasteiger charge is 2.51. The van der Waals surface area contributed by atoms with Gasteiger partial charge in [0, 0.05) is 73.7 Å². The predicted octanol–water partition coefficient (Wildman–Crippen LogP) is 11.8. The van der Waals surface area contributed by atoms with Crippen LogP contribution in [0.1, 0.15) is 44.4 Å². The van der Waals surface area contributed by atoms with Gasteiger partial charge in [-0.3, -0.25) is 15.0 Å². The highest BCUT2D eigenvalue weighted by atomic mass is 79.9. The summed E-state index contributed by atoms with van der Waals surface area (Å²) in [7, 11) is 6.09. The molecule has 10 nitrogen and oxygen atoms in total. The zero-order valence-electron chi connectivity index (χ0n) is 43.0. The predicted molar refractivity (Wildman–Crippen MR) is 321 cm³/mol. The number of hydrogen-bond donors (Lipinski definition) is 2. The van der Waals surface area contributed by atoms with Crippen LogP contribution in [0.3, 0.4) is 0 Å². The van der Waals surface area contributed by atoms with Gasteiger partial charge < -0.3 is 19.4 Å². The summed E-state index contributed by atoms with van der Waals surface area (Å²) in [6.45, 7) is 8.10. The van der Waals surface area contributed by atoms with E-state index in [1.54, 1.807) is 55.0 Å². The number of aromatic nitrogens is 3. The zero-order valence-corrected chi connectivity index (χ0v) is 46.1. The first-order valence-corrected chi connectivity index (χ1v) is 25.3. The van der Waals surface area contributed by atoms with Gasteiger partial charge in [0.2, 0.25) is 0 Å². The number of halogens is 3. The van der Waals surface area contributed by atoms with Gasteiger partial charge >= 0.3 is 14.2 Å². The molecular formula is C60H47B5BrCl2N6O4. The summed E-state index contributed by atoms with van der Waals surface area (Å²) in [5.41, 5.74) is 12.0. The van der Waals surface area contributed by atoms with E-state index in [1.807, 2.05) is 167 Å². The van der Waals surface area contributed by atoms with E-state index in [0.29, 0.717) is 32.2 Å². The van der Waals surface area contributed by atoms with Crippen molar-refractivity contribution in [3.05, 3.63) is 232 Å². The fourth-order valence-corrected chi connectivity index (χ4v) is 8.63. The number of benzene rings is 6. The molecule has 0 amide bonds. The molecule has 1 aliphatic heterocycles. The summed E-state index contributed by atoms with van der Waals surface area (Å²) in [4.78, 5) is 12.9. The lowest BCUT2D eigenvalue weighted by molar-refractivity contribution is 0.00578. The highest BCUT2D eigenvalue weighted by molar-refractivity contribution is 9.10. The third-order valence-electron chi connectivity index (χ3n) is 12.2. The fourth-order valence-electron chi connectivity index (χ4n) is 7.53. The Morgan fingerprint density at radius 1 is 0.487 bits per heavy atom. The van der Waals surface area contributed by atoms with Crippen LogP contribution < -0.4 is 10.9 Å². The van der Waals surface area contributed by atoms with Gasteiger partial charge in [-0.25, -0.2) is 0 Å². The van der Waals surface area contributed by atoms with Crippen LogP contribution in [-0.4, -0.2) is 74.3 Å². The molecule has 9 aromatic rings. The maximum absolute atomic E-state index is 9.53. The summed E-state index contributed by atoms with van der Waals surface area (Å²) in [5, 5.41) is 46.0. The molecule has 4 heterocycles. The Morgan fingerprint density at radius 3 is 1.22 bits per heavy atom. The molecule has 78 heavy (non-hydrogen) atoms. The van der Waals surface area contributed by atoms with Crippen molar-refractivity contribution in [2.24, 2.45) is 0 Å². The summed E-state index contributed by atoms with van der Waals surface area (Å²) in [6, 6.07) is 63.2. The summed E-state index contributed by atoms with van der Waals surface area (Å²) < 4.78 is 13.2. The van der Waals surface area contributed by atoms with Crippen molar-refractivity contribution < 1.29 is 19.4 Å². The molecule has 18 heteroatoms. The third-order valence-corrected chi connectivity index (χ3v) is 13.0. The van der Waals surface area contributed by atoms with Gasteiger partial charge in [-0.2, -0.15) is 15.8 Å². The van der Waals surface area contributed by atoms with E-state index in [-0.39, 0.29) is 8.41 Å². The van der Waals surface area contributed by atoms with Crippen LogP contribution in [0.5, 0.6) is 0 Å². The van der Waals surface area contributed by atoms with Gasteiger partial charge in [0.05, 0.1) is 63.2 Å². The Bertz CT molecular complexity index is 3460. The minimum Gasteiger partial charge on any atom is -0.423 e. The van der Waals surface area contributed by atoms with Crippen molar-refractivity contribution in [3.63, 3.8) is 0 Å². The molecular weight excluding hydrogens is 1070 g/mol. The molecule has 1 fully saturated rings. The molecule has 7 radical (unpaired) electrons. The Labute approximate surface area is 480 Å². The highest BCUT2D eigenvalue weighted by Crippen LogP contribution is 2.37. The normalized spacial score (nSPS) is 12.2. The second-order valence-electron chi connectivity index (χ2n) is 17.9. The number of rotatable bonds is 7. The first-order valence-electron chi connectivity index (χ1n) is 23.8. The zero-order chi connectivity index (χ0) is 55.5. The molecule has 1 saturated heterocycles. The van der Waals surface area contributed by atoms with Gasteiger partial charge in [-0.05, 0) is 146 Å². The van der Waals surface area contributed by atoms with Crippen LogP contribution >= 0.6 is 39.1 Å². The van der Waals surface area contributed by atoms with E-state index >= 15 is 0 Å². The quantitative estimate of drug-likeness (QED) is 0.147. The molecule has 6 aromatic carbocycles. The lowest BCUT2D eigenvalue weighted by Gasteiger charge is -2.32. The van der Waals surface area contributed by atoms with E-state index in [9.17, 15) is 5.26 Å². The molecule has 0 unspecified atom stereocenters. The molecule has 1 aliphatic rings. The summed E-state index contributed by atoms with van der Waals surface area (Å²) in [5.74, 6) is 0. The number of hydrogen-bond acceptors (Lipinski definition) is 10. The number of nitrogens with zero attached hydrogens (tertiary/aromatic N) is 6. The van der Waals surface area contributed by atoms with Crippen LogP contribution in [-0.2, 0) is 9.31 Å². The molecule has 10 rings (SSSR count). The molecule has 0 bridgehead atoms. The summed E-state index contributed by atoms with van der Waals surface area (Å²) in [6.07, 6.45) is 5.29. The Kier molecular flexibility index (Phi) is 23.0. The second-order valence-corrected chi connectivity index (χ2v) is 19.7. The molecule has 0 aliphatic carbocycles. The lowest BCUT2D eigenvalue weighted by atomic mass is 9.77. The Hall–Kier alpha value is -7.54. The number of nitriles is 3. The minimum atomic E-state index is -1.41. The average molecular weight is 1120 g/mol. The van der Waals surface area contributed by atoms with Gasteiger partial charge in [-0.15, -0.1) is 0 Å². The third kappa shape index (κ3) is 17.0. The van der Waals surface area contributed by atoms with E-state index in [1.165, 1.54) is 0 Å². The monoisotopic (exact) mass is 1120 g/mol. The molecule has 377 valence electrons. The van der Waals surface area contributed by atoms with Crippen molar-refractivity contribution in [1.82, 2.24) is 15.0 Å². The molecule has 2 N–H and O–H groups in total. The van der Waals surface area contributed by atoms with Crippen molar-refractivity contribution in [2.75, 3.05) is 0 Å². The van der Waals surface area contributed by atoms with Crippen LogP contribution in [0.4, 0.5) is 0 Å². The van der Waals surface area contributed by atoms with Crippen LogP contribution in [0.2, 0.25) is 10.0 Å². The summed E-state index contributed by atoms with van der Waals surface area (Å²) >= 11 is 14.9. The molecule has 0 saturated carbocycles. The topological polar surface area (TPSA) is 169 Å². The second kappa shape index (κ2) is 29.3. The Morgan fingerprint density at radius 2 is 0.846 bits per heavy atom. The van der Waals surface area contributed by atoms with Crippen molar-refractivity contribution in [1.29, 1.82) is 15.8 Å². The number of pyridine rings is 3. The van der Waals surface area contributed by atoms with E-state index in [0.717, 1.165) is 66.0 Å². The van der Waals surface area contributed by atoms with Crippen molar-refractivity contribution >= 4 is 88.2 Å². The SMILES string of the molecule is CC1(C)OB(c2cc(C#N)cc(-c3ccc(-c4ccccn4)cc3)c2)OC1(C)C.N#Cc1cc(Cl)cc(-c2ccc(-c3ccccn3)cc2)c1.N#Cc1cc(Cl)cc(Br)c1.OB(O)c1ccc(-c2ccccn2)cc1.[B].[B][B]. The van der Waals surface area contributed by atoms with E-state index in [2.05, 4.69) is 70.6 Å². The maximum atomic E-state index is 9.53. The fraction of sp³-hybridized carbons (Fsp3) is 0.100. The molecule has 0 atom stereocenters. The average Bonchev–Trinajstić information content (AvgIpc) is 3.74. The van der Waals surface area contributed by atoms with Crippen molar-refractivity contribution in [2.45, 2.75) is 38.9 Å². The standard InChI is InChI=1S/C24H23BN2O2.C18H11ClN2.C11H10BNO2.C7H3BrClN.B2.B/c1-23(2)24(3,4)29-25(28-23)21-14-17(16-26)13-20(15-21)18-8-10-19(11-9-18)22-7-5-6-12-27-22;19-17-10-13(12-20)9-16(11-17)14-4-6-15(7-5-14)18-3-1-2-8-21-18;14-12(15)10-6-4-9(5-7-10)11-3-1-2-8-13-11;8-6-1-5(4-10)2-7(9)3-6;1-2;/h5-15H,1-4H3;1-11H;1-8,14-15H;1-3H;;. The van der Waals surface area contributed by atoms with E-state index < -0.39 is 25.4 Å². The largest absolute Gasteiger partial charge is 0.494 e. The Balaban J connectivity index is 0.000000201.